The van der Waals surface area contributed by atoms with E-state index in [0.717, 1.165) is 10.9 Å². The minimum absolute atomic E-state index is 0.281. The van der Waals surface area contributed by atoms with E-state index in [-0.39, 0.29) is 5.97 Å². The van der Waals surface area contributed by atoms with E-state index >= 15 is 0 Å². The highest BCUT2D eigenvalue weighted by atomic mass is 79.9. The maximum Gasteiger partial charge on any atom is 0.340 e. The van der Waals surface area contributed by atoms with Crippen molar-refractivity contribution in [1.82, 2.24) is 4.98 Å². The summed E-state index contributed by atoms with van der Waals surface area (Å²) in [5.74, 6) is 0.821. The molecule has 1 saturated carbocycles. The molecule has 2 unspecified atom stereocenters. The number of hydrogen-bond donors (Lipinski definition) is 0. The fourth-order valence-electron chi connectivity index (χ4n) is 2.16. The maximum absolute atomic E-state index is 12.1. The van der Waals surface area contributed by atoms with E-state index in [2.05, 4.69) is 27.8 Å². The van der Waals surface area contributed by atoms with E-state index in [9.17, 15) is 4.79 Å². The molecule has 1 aromatic heterocycles. The Kier molecular flexibility index (Phi) is 4.75. The first-order chi connectivity index (χ1) is 9.11. The van der Waals surface area contributed by atoms with Crippen LogP contribution in [0.25, 0.3) is 5.57 Å². The summed E-state index contributed by atoms with van der Waals surface area (Å²) >= 11 is 3.35. The smallest absolute Gasteiger partial charge is 0.340 e. The van der Waals surface area contributed by atoms with Crippen LogP contribution in [0.15, 0.2) is 28.9 Å². The largest absolute Gasteiger partial charge is 0.462 e. The van der Waals surface area contributed by atoms with Gasteiger partial charge in [0.05, 0.1) is 17.9 Å². The van der Waals surface area contributed by atoms with E-state index in [1.165, 1.54) is 6.42 Å². The second-order valence-electron chi connectivity index (χ2n) is 4.88. The molecular formula is C15H18BrNO2. The van der Waals surface area contributed by atoms with Crippen molar-refractivity contribution in [2.24, 2.45) is 11.8 Å². The Hall–Kier alpha value is -1.16. The first kappa shape index (κ1) is 14.3. The van der Waals surface area contributed by atoms with Gasteiger partial charge in [-0.2, -0.15) is 0 Å². The quantitative estimate of drug-likeness (QED) is 0.624. The number of allylic oxidation sites excluding steroid dienone is 1. The van der Waals surface area contributed by atoms with E-state index in [1.54, 1.807) is 6.20 Å². The zero-order chi connectivity index (χ0) is 13.8. The monoisotopic (exact) mass is 323 g/mol. The zero-order valence-electron chi connectivity index (χ0n) is 11.2. The molecule has 2 rings (SSSR count). The zero-order valence-corrected chi connectivity index (χ0v) is 12.8. The Morgan fingerprint density at radius 3 is 2.79 bits per heavy atom. The lowest BCUT2D eigenvalue weighted by Crippen LogP contribution is -2.22. The molecule has 0 bridgehead atoms. The van der Waals surface area contributed by atoms with Gasteiger partial charge in [0.25, 0.3) is 0 Å². The van der Waals surface area contributed by atoms with Crippen molar-refractivity contribution in [1.29, 1.82) is 0 Å². The molecule has 19 heavy (non-hydrogen) atoms. The summed E-state index contributed by atoms with van der Waals surface area (Å²) in [5.41, 5.74) is 1.27. The van der Waals surface area contributed by atoms with Gasteiger partial charge in [0.15, 0.2) is 0 Å². The highest BCUT2D eigenvalue weighted by Crippen LogP contribution is 2.36. The highest BCUT2D eigenvalue weighted by molar-refractivity contribution is 9.10. The van der Waals surface area contributed by atoms with Gasteiger partial charge in [-0.1, -0.05) is 13.0 Å². The number of ether oxygens (including phenoxy) is 1. The highest BCUT2D eigenvalue weighted by Gasteiger charge is 2.27. The Morgan fingerprint density at radius 1 is 1.53 bits per heavy atom. The fourth-order valence-corrected chi connectivity index (χ4v) is 2.39. The second-order valence-corrected chi connectivity index (χ2v) is 5.80. The number of esters is 1. The van der Waals surface area contributed by atoms with Crippen molar-refractivity contribution < 1.29 is 9.53 Å². The third kappa shape index (κ3) is 3.44. The molecule has 2 atom stereocenters. The van der Waals surface area contributed by atoms with Gasteiger partial charge < -0.3 is 4.74 Å². The van der Waals surface area contributed by atoms with Crippen LogP contribution in [0, 0.1) is 11.8 Å². The summed E-state index contributed by atoms with van der Waals surface area (Å²) in [6.07, 6.45) is 6.10. The van der Waals surface area contributed by atoms with Crippen LogP contribution in [-0.2, 0) is 9.53 Å². The molecule has 0 radical (unpaired) electrons. The summed E-state index contributed by atoms with van der Waals surface area (Å²) in [7, 11) is 0. The molecule has 0 aliphatic heterocycles. The minimum atomic E-state index is -0.281. The molecule has 0 N–H and O–H groups in total. The lowest BCUT2D eigenvalue weighted by molar-refractivity contribution is -0.136. The summed E-state index contributed by atoms with van der Waals surface area (Å²) in [5, 5.41) is 0. The van der Waals surface area contributed by atoms with Crippen molar-refractivity contribution in [3.63, 3.8) is 0 Å². The topological polar surface area (TPSA) is 39.2 Å². The van der Waals surface area contributed by atoms with Crippen LogP contribution in [0.2, 0.25) is 0 Å². The Bertz CT molecular complexity index is 481. The standard InChI is InChI=1S/C15H18BrNO2/c1-3-19-15(18)13(8-11-5-4-10(11)2)14-7-6-12(16)9-17-14/h6-11H,3-5H2,1-2H3. The van der Waals surface area contributed by atoms with E-state index in [4.69, 9.17) is 4.74 Å². The van der Waals surface area contributed by atoms with Crippen molar-refractivity contribution in [3.8, 4) is 0 Å². The average molecular weight is 324 g/mol. The van der Waals surface area contributed by atoms with E-state index in [1.807, 2.05) is 25.1 Å². The number of pyridine rings is 1. The molecule has 0 aromatic carbocycles. The molecule has 0 spiro atoms. The van der Waals surface area contributed by atoms with E-state index in [0.29, 0.717) is 29.7 Å². The SMILES string of the molecule is CCOC(=O)C(=CC1CCC1C)c1ccc(Br)cn1. The van der Waals surface area contributed by atoms with Crippen LogP contribution in [0.3, 0.4) is 0 Å². The molecule has 1 aliphatic carbocycles. The molecule has 0 saturated heterocycles. The van der Waals surface area contributed by atoms with Gasteiger partial charge >= 0.3 is 5.97 Å². The summed E-state index contributed by atoms with van der Waals surface area (Å²) in [6, 6.07) is 3.73. The van der Waals surface area contributed by atoms with Crippen molar-refractivity contribution >= 4 is 27.5 Å². The number of halogens is 1. The summed E-state index contributed by atoms with van der Waals surface area (Å²) < 4.78 is 6.03. The number of aromatic nitrogens is 1. The van der Waals surface area contributed by atoms with Crippen LogP contribution in [-0.4, -0.2) is 17.6 Å². The average Bonchev–Trinajstić information content (AvgIpc) is 2.39. The van der Waals surface area contributed by atoms with Crippen LogP contribution >= 0.6 is 15.9 Å². The second kappa shape index (κ2) is 6.33. The van der Waals surface area contributed by atoms with Crippen LogP contribution < -0.4 is 0 Å². The molecule has 1 aromatic rings. The van der Waals surface area contributed by atoms with Gasteiger partial charge in [-0.15, -0.1) is 0 Å². The molecular weight excluding hydrogens is 306 g/mol. The molecule has 1 heterocycles. The van der Waals surface area contributed by atoms with Gasteiger partial charge in [-0.3, -0.25) is 4.98 Å². The fraction of sp³-hybridized carbons (Fsp3) is 0.467. The Balaban J connectivity index is 2.28. The Labute approximate surface area is 122 Å². The molecule has 102 valence electrons. The minimum Gasteiger partial charge on any atom is -0.462 e. The normalized spacial score (nSPS) is 22.8. The number of carbonyl (C=O) groups excluding carboxylic acids is 1. The van der Waals surface area contributed by atoms with Crippen LogP contribution in [0.4, 0.5) is 0 Å². The predicted molar refractivity (Wildman–Crippen MR) is 78.4 cm³/mol. The first-order valence-corrected chi connectivity index (χ1v) is 7.42. The van der Waals surface area contributed by atoms with Crippen molar-refractivity contribution in [2.75, 3.05) is 6.61 Å². The third-order valence-electron chi connectivity index (χ3n) is 3.57. The molecule has 1 aliphatic rings. The molecule has 0 amide bonds. The van der Waals surface area contributed by atoms with Crippen molar-refractivity contribution in [2.45, 2.75) is 26.7 Å². The Morgan fingerprint density at radius 2 is 2.32 bits per heavy atom. The molecule has 1 fully saturated rings. The van der Waals surface area contributed by atoms with Crippen LogP contribution in [0.5, 0.6) is 0 Å². The molecule has 4 heteroatoms. The van der Waals surface area contributed by atoms with Crippen molar-refractivity contribution in [3.05, 3.63) is 34.6 Å². The van der Waals surface area contributed by atoms with Gasteiger partial charge in [0.1, 0.15) is 0 Å². The number of nitrogens with zero attached hydrogens (tertiary/aromatic N) is 1. The van der Waals surface area contributed by atoms with Gasteiger partial charge in [-0.05, 0) is 59.7 Å². The predicted octanol–water partition coefficient (Wildman–Crippen LogP) is 3.84. The first-order valence-electron chi connectivity index (χ1n) is 6.62. The lowest BCUT2D eigenvalue weighted by Gasteiger charge is -2.31. The molecule has 3 nitrogen and oxygen atoms in total. The van der Waals surface area contributed by atoms with Crippen LogP contribution in [0.1, 0.15) is 32.4 Å². The summed E-state index contributed by atoms with van der Waals surface area (Å²) in [6.45, 7) is 4.41. The number of rotatable bonds is 4. The number of hydrogen-bond acceptors (Lipinski definition) is 3. The van der Waals surface area contributed by atoms with Gasteiger partial charge in [-0.25, -0.2) is 4.79 Å². The summed E-state index contributed by atoms with van der Waals surface area (Å²) in [4.78, 5) is 16.4. The lowest BCUT2D eigenvalue weighted by atomic mass is 9.74. The van der Waals surface area contributed by atoms with Gasteiger partial charge in [0.2, 0.25) is 0 Å². The number of carbonyl (C=O) groups is 1. The third-order valence-corrected chi connectivity index (χ3v) is 4.03. The van der Waals surface area contributed by atoms with Gasteiger partial charge in [0, 0.05) is 10.7 Å². The maximum atomic E-state index is 12.1. The van der Waals surface area contributed by atoms with E-state index < -0.39 is 0 Å².